The Hall–Kier alpha value is -1.08. The van der Waals surface area contributed by atoms with Gasteiger partial charge in [-0.15, -0.1) is 0 Å². The van der Waals surface area contributed by atoms with E-state index in [-0.39, 0.29) is 15.7 Å². The molecule has 0 bridgehead atoms. The molecule has 0 spiro atoms. The normalized spacial score (nSPS) is 14.1. The lowest BCUT2D eigenvalue weighted by atomic mass is 10.1. The van der Waals surface area contributed by atoms with Crippen molar-refractivity contribution in [1.29, 1.82) is 0 Å². The van der Waals surface area contributed by atoms with Crippen molar-refractivity contribution in [3.8, 4) is 0 Å². The van der Waals surface area contributed by atoms with Gasteiger partial charge in [-0.3, -0.25) is 19.7 Å². The smallest absolute Gasteiger partial charge is 0.283 e. The first-order valence-corrected chi connectivity index (χ1v) is 5.65. The molecule has 2 rings (SSSR count). The molecule has 1 aromatic rings. The number of nitrogens with zero attached hydrogens (tertiary/aromatic N) is 2. The molecule has 1 amide bonds. The van der Waals surface area contributed by atoms with E-state index in [4.69, 9.17) is 46.6 Å². The summed E-state index contributed by atoms with van der Waals surface area (Å²) >= 11 is 22.7. The first-order chi connectivity index (χ1) is 8.29. The number of Topliss-reactive ketones (excluding diaryl/α,β-unsaturated/α-hetero) is 1. The molecule has 0 unspecified atom stereocenters. The molecule has 0 radical (unpaired) electrons. The SMILES string of the molecule is O=C1C(=O)N(Cl)c2c(Cl)c(Cl)c(Cl)c([N+](=O)[O-])c21. The van der Waals surface area contributed by atoms with Crippen LogP contribution in [0.5, 0.6) is 0 Å². The van der Waals surface area contributed by atoms with E-state index in [1.807, 2.05) is 0 Å². The van der Waals surface area contributed by atoms with E-state index in [9.17, 15) is 19.7 Å². The number of rotatable bonds is 1. The summed E-state index contributed by atoms with van der Waals surface area (Å²) in [4.78, 5) is 33.0. The van der Waals surface area contributed by atoms with E-state index in [0.29, 0.717) is 4.42 Å². The Bertz CT molecular complexity index is 630. The lowest BCUT2D eigenvalue weighted by Crippen LogP contribution is -2.20. The molecule has 0 aromatic heterocycles. The minimum atomic E-state index is -1.16. The van der Waals surface area contributed by atoms with Crippen LogP contribution in [0.25, 0.3) is 0 Å². The van der Waals surface area contributed by atoms with Gasteiger partial charge in [-0.25, -0.2) is 4.42 Å². The van der Waals surface area contributed by atoms with E-state index < -0.39 is 32.9 Å². The van der Waals surface area contributed by atoms with Gasteiger partial charge >= 0.3 is 11.6 Å². The van der Waals surface area contributed by atoms with Crippen molar-refractivity contribution in [2.24, 2.45) is 0 Å². The molecule has 0 fully saturated rings. The van der Waals surface area contributed by atoms with Gasteiger partial charge in [-0.05, 0) is 0 Å². The fourth-order valence-corrected chi connectivity index (χ4v) is 2.55. The van der Waals surface area contributed by atoms with Gasteiger partial charge in [0.05, 0.1) is 15.0 Å². The molecule has 1 aromatic carbocycles. The number of amides is 1. The molecule has 10 heteroatoms. The van der Waals surface area contributed by atoms with Gasteiger partial charge in [-0.1, -0.05) is 34.8 Å². The highest BCUT2D eigenvalue weighted by molar-refractivity contribution is 6.65. The van der Waals surface area contributed by atoms with E-state index in [0.717, 1.165) is 0 Å². The molecule has 0 saturated carbocycles. The summed E-state index contributed by atoms with van der Waals surface area (Å²) in [6, 6.07) is 0. The number of carbonyl (C=O) groups is 2. The van der Waals surface area contributed by atoms with Crippen LogP contribution in [0.3, 0.4) is 0 Å². The van der Waals surface area contributed by atoms with Crippen molar-refractivity contribution in [3.05, 3.63) is 30.7 Å². The van der Waals surface area contributed by atoms with Crippen molar-refractivity contribution in [2.75, 3.05) is 4.42 Å². The third-order valence-corrected chi connectivity index (χ3v) is 3.88. The molecular weight excluding hydrogens is 330 g/mol. The van der Waals surface area contributed by atoms with Crippen molar-refractivity contribution in [1.82, 2.24) is 0 Å². The third kappa shape index (κ3) is 1.57. The van der Waals surface area contributed by atoms with Gasteiger partial charge in [-0.2, -0.15) is 0 Å². The highest BCUT2D eigenvalue weighted by Gasteiger charge is 2.45. The van der Waals surface area contributed by atoms with Gasteiger partial charge in [0.2, 0.25) is 0 Å². The summed E-state index contributed by atoms with van der Waals surface area (Å²) in [6.45, 7) is 0. The zero-order valence-electron chi connectivity index (χ0n) is 8.04. The zero-order valence-corrected chi connectivity index (χ0v) is 11.1. The van der Waals surface area contributed by atoms with E-state index in [2.05, 4.69) is 0 Å². The Morgan fingerprint density at radius 3 is 2.11 bits per heavy atom. The minimum Gasteiger partial charge on any atom is -0.283 e. The number of ketones is 1. The lowest BCUT2D eigenvalue weighted by molar-refractivity contribution is -0.384. The first kappa shape index (κ1) is 13.4. The molecular formula is C8Cl4N2O4. The van der Waals surface area contributed by atoms with Crippen LogP contribution in [0.2, 0.25) is 15.1 Å². The lowest BCUT2D eigenvalue weighted by Gasteiger charge is -2.10. The maximum atomic E-state index is 11.6. The number of hydrogen-bond donors (Lipinski definition) is 0. The van der Waals surface area contributed by atoms with Gasteiger partial charge in [0.25, 0.3) is 5.78 Å². The number of fused-ring (bicyclic) bond motifs is 1. The molecule has 0 aliphatic carbocycles. The molecule has 1 heterocycles. The average Bonchev–Trinajstić information content (AvgIpc) is 2.51. The van der Waals surface area contributed by atoms with Crippen LogP contribution in [0.15, 0.2) is 0 Å². The monoisotopic (exact) mass is 328 g/mol. The van der Waals surface area contributed by atoms with Crippen LogP contribution in [0.1, 0.15) is 10.4 Å². The van der Waals surface area contributed by atoms with Gasteiger partial charge in [0.15, 0.2) is 0 Å². The third-order valence-electron chi connectivity index (χ3n) is 2.25. The highest BCUT2D eigenvalue weighted by Crippen LogP contribution is 2.50. The molecule has 0 saturated heterocycles. The Labute approximate surface area is 119 Å². The van der Waals surface area contributed by atoms with Gasteiger partial charge in [0, 0.05) is 11.8 Å². The number of nitro benzene ring substituents is 1. The molecule has 0 N–H and O–H groups in total. The fraction of sp³-hybridized carbons (Fsp3) is 0. The van der Waals surface area contributed by atoms with Crippen molar-refractivity contribution >= 4 is 69.6 Å². The van der Waals surface area contributed by atoms with Crippen LogP contribution in [-0.2, 0) is 4.79 Å². The number of nitro groups is 1. The van der Waals surface area contributed by atoms with Crippen LogP contribution in [0.4, 0.5) is 11.4 Å². The second kappa shape index (κ2) is 4.24. The summed E-state index contributed by atoms with van der Waals surface area (Å²) < 4.78 is 0.384. The molecule has 0 atom stereocenters. The summed E-state index contributed by atoms with van der Waals surface area (Å²) in [6.07, 6.45) is 0. The molecule has 1 aliphatic heterocycles. The summed E-state index contributed by atoms with van der Waals surface area (Å²) in [7, 11) is 0. The van der Waals surface area contributed by atoms with Crippen molar-refractivity contribution in [3.63, 3.8) is 0 Å². The number of halogens is 4. The van der Waals surface area contributed by atoms with Crippen LogP contribution in [-0.4, -0.2) is 16.6 Å². The Balaban J connectivity index is 2.98. The number of hydrogen-bond acceptors (Lipinski definition) is 4. The van der Waals surface area contributed by atoms with E-state index in [1.54, 1.807) is 0 Å². The maximum Gasteiger partial charge on any atom is 0.314 e. The Kier molecular flexibility index (Phi) is 3.14. The standard InChI is InChI=1S/C8Cl4N2O4/c9-2-3(10)5-1(6(4(2)11)14(17)18)7(15)8(16)13(5)12. The quantitative estimate of drug-likeness (QED) is 0.260. The van der Waals surface area contributed by atoms with Gasteiger partial charge < -0.3 is 0 Å². The maximum absolute atomic E-state index is 11.6. The zero-order chi connectivity index (χ0) is 13.8. The topological polar surface area (TPSA) is 80.5 Å². The van der Waals surface area contributed by atoms with Crippen LogP contribution in [0, 0.1) is 10.1 Å². The molecule has 18 heavy (non-hydrogen) atoms. The molecule has 1 aliphatic rings. The predicted molar refractivity (Wildman–Crippen MR) is 65.8 cm³/mol. The van der Waals surface area contributed by atoms with E-state index in [1.165, 1.54) is 0 Å². The van der Waals surface area contributed by atoms with Crippen molar-refractivity contribution < 1.29 is 14.5 Å². The predicted octanol–water partition coefficient (Wildman–Crippen LogP) is 3.24. The van der Waals surface area contributed by atoms with Crippen molar-refractivity contribution in [2.45, 2.75) is 0 Å². The minimum absolute atomic E-state index is 0.295. The largest absolute Gasteiger partial charge is 0.314 e. The van der Waals surface area contributed by atoms with Gasteiger partial charge in [0.1, 0.15) is 16.3 Å². The Morgan fingerprint density at radius 1 is 1.06 bits per heavy atom. The summed E-state index contributed by atoms with van der Waals surface area (Å²) in [5, 5.41) is 9.74. The fourth-order valence-electron chi connectivity index (χ4n) is 1.50. The second-order valence-electron chi connectivity index (χ2n) is 3.19. The molecule has 94 valence electrons. The number of benzene rings is 1. The highest BCUT2D eigenvalue weighted by atomic mass is 35.5. The van der Waals surface area contributed by atoms with Crippen LogP contribution >= 0.6 is 46.6 Å². The number of anilines is 1. The molecule has 6 nitrogen and oxygen atoms in total. The summed E-state index contributed by atoms with van der Waals surface area (Å²) in [5.74, 6) is -2.32. The summed E-state index contributed by atoms with van der Waals surface area (Å²) in [5.41, 5.74) is -1.67. The first-order valence-electron chi connectivity index (χ1n) is 4.18. The van der Waals surface area contributed by atoms with E-state index >= 15 is 0 Å². The van der Waals surface area contributed by atoms with Crippen LogP contribution < -0.4 is 4.42 Å². The number of carbonyl (C=O) groups excluding carboxylic acids is 2. The second-order valence-corrected chi connectivity index (χ2v) is 4.66. The Morgan fingerprint density at radius 2 is 1.61 bits per heavy atom. The average molecular weight is 330 g/mol.